The quantitative estimate of drug-likeness (QED) is 0.758. The number of aryl methyl sites for hydroxylation is 1. The molecule has 0 fully saturated rings. The summed E-state index contributed by atoms with van der Waals surface area (Å²) >= 11 is 5.88. The summed E-state index contributed by atoms with van der Waals surface area (Å²) in [5.41, 5.74) is 1.49. The van der Waals surface area contributed by atoms with Gasteiger partial charge in [0.25, 0.3) is 0 Å². The van der Waals surface area contributed by atoms with E-state index in [9.17, 15) is 0 Å². The molecule has 20 heavy (non-hydrogen) atoms. The van der Waals surface area contributed by atoms with Crippen LogP contribution in [0.1, 0.15) is 12.7 Å². The molecule has 110 valence electrons. The standard InChI is InChI=1S/C13H20ClN5O/c1-9(18(2)3)7-19-10(5-6-14)17-11-12(19)15-8-16-13(11)20-4/h8-9H,5-7H2,1-4H3. The Hall–Kier alpha value is -1.40. The maximum atomic E-state index is 5.88. The van der Waals surface area contributed by atoms with Crippen molar-refractivity contribution in [1.29, 1.82) is 0 Å². The van der Waals surface area contributed by atoms with Crippen molar-refractivity contribution in [3.05, 3.63) is 12.2 Å². The van der Waals surface area contributed by atoms with Crippen LogP contribution in [0.3, 0.4) is 0 Å². The number of halogens is 1. The molecule has 0 aliphatic rings. The number of ether oxygens (including phenoxy) is 1. The van der Waals surface area contributed by atoms with Gasteiger partial charge in [0.15, 0.2) is 11.2 Å². The van der Waals surface area contributed by atoms with E-state index in [4.69, 9.17) is 16.3 Å². The van der Waals surface area contributed by atoms with E-state index in [1.54, 1.807) is 7.11 Å². The molecule has 1 atom stereocenters. The first-order chi connectivity index (χ1) is 9.58. The molecule has 0 N–H and O–H groups in total. The summed E-state index contributed by atoms with van der Waals surface area (Å²) in [6.45, 7) is 2.96. The van der Waals surface area contributed by atoms with Gasteiger partial charge in [0.05, 0.1) is 7.11 Å². The van der Waals surface area contributed by atoms with Gasteiger partial charge in [-0.2, -0.15) is 4.98 Å². The Bertz CT molecular complexity index is 583. The highest BCUT2D eigenvalue weighted by molar-refractivity contribution is 6.17. The monoisotopic (exact) mass is 297 g/mol. The molecule has 0 amide bonds. The van der Waals surface area contributed by atoms with Gasteiger partial charge in [0.1, 0.15) is 12.2 Å². The van der Waals surface area contributed by atoms with Crippen molar-refractivity contribution in [1.82, 2.24) is 24.4 Å². The molecular formula is C13H20ClN5O. The SMILES string of the molecule is COc1ncnc2c1nc(CCCl)n2CC(C)N(C)C. The molecular weight excluding hydrogens is 278 g/mol. The maximum absolute atomic E-state index is 5.88. The number of aromatic nitrogens is 4. The minimum absolute atomic E-state index is 0.363. The third-order valence-electron chi connectivity index (χ3n) is 3.42. The summed E-state index contributed by atoms with van der Waals surface area (Å²) in [4.78, 5) is 15.2. The van der Waals surface area contributed by atoms with E-state index in [2.05, 4.69) is 45.4 Å². The van der Waals surface area contributed by atoms with Gasteiger partial charge < -0.3 is 14.2 Å². The van der Waals surface area contributed by atoms with Crippen molar-refractivity contribution >= 4 is 22.8 Å². The Morgan fingerprint density at radius 2 is 2.15 bits per heavy atom. The first kappa shape index (κ1) is 15.0. The highest BCUT2D eigenvalue weighted by Crippen LogP contribution is 2.22. The molecule has 0 aromatic carbocycles. The molecule has 1 unspecified atom stereocenters. The number of methoxy groups -OCH3 is 1. The number of imidazole rings is 1. The average Bonchev–Trinajstić information content (AvgIpc) is 2.77. The van der Waals surface area contributed by atoms with Crippen molar-refractivity contribution in [3.63, 3.8) is 0 Å². The van der Waals surface area contributed by atoms with E-state index >= 15 is 0 Å². The summed E-state index contributed by atoms with van der Waals surface area (Å²) in [5, 5.41) is 0. The average molecular weight is 298 g/mol. The van der Waals surface area contributed by atoms with Crippen LogP contribution in [-0.4, -0.2) is 57.5 Å². The second kappa shape index (κ2) is 6.37. The van der Waals surface area contributed by atoms with Crippen molar-refractivity contribution < 1.29 is 4.74 Å². The smallest absolute Gasteiger partial charge is 0.245 e. The van der Waals surface area contributed by atoms with E-state index in [1.807, 2.05) is 0 Å². The zero-order valence-electron chi connectivity index (χ0n) is 12.3. The van der Waals surface area contributed by atoms with Gasteiger partial charge in [0.2, 0.25) is 5.88 Å². The lowest BCUT2D eigenvalue weighted by molar-refractivity contribution is 0.283. The topological polar surface area (TPSA) is 56.1 Å². The minimum Gasteiger partial charge on any atom is -0.479 e. The number of hydrogen-bond acceptors (Lipinski definition) is 5. The van der Waals surface area contributed by atoms with Crippen molar-refractivity contribution in [2.45, 2.75) is 25.9 Å². The summed E-state index contributed by atoms with van der Waals surface area (Å²) in [6, 6.07) is 0.363. The second-order valence-electron chi connectivity index (χ2n) is 4.95. The molecule has 0 aliphatic heterocycles. The first-order valence-electron chi connectivity index (χ1n) is 6.55. The predicted molar refractivity (Wildman–Crippen MR) is 79.4 cm³/mol. The van der Waals surface area contributed by atoms with E-state index in [0.29, 0.717) is 29.7 Å². The molecule has 0 bridgehead atoms. The van der Waals surface area contributed by atoms with Crippen molar-refractivity contribution in [3.8, 4) is 5.88 Å². The fourth-order valence-electron chi connectivity index (χ4n) is 2.01. The van der Waals surface area contributed by atoms with Crippen LogP contribution in [0.2, 0.25) is 0 Å². The molecule has 0 aliphatic carbocycles. The van der Waals surface area contributed by atoms with Gasteiger partial charge in [-0.15, -0.1) is 11.6 Å². The highest BCUT2D eigenvalue weighted by atomic mass is 35.5. The van der Waals surface area contributed by atoms with Gasteiger partial charge in [0, 0.05) is 24.9 Å². The Balaban J connectivity index is 2.51. The number of alkyl halides is 1. The van der Waals surface area contributed by atoms with Crippen LogP contribution in [0.25, 0.3) is 11.2 Å². The van der Waals surface area contributed by atoms with Crippen LogP contribution < -0.4 is 4.74 Å². The zero-order chi connectivity index (χ0) is 14.7. The minimum atomic E-state index is 0.363. The Labute approximate surface area is 123 Å². The third kappa shape index (κ3) is 2.86. The molecule has 0 saturated heterocycles. The molecule has 0 radical (unpaired) electrons. The predicted octanol–water partition coefficient (Wildman–Crippen LogP) is 1.57. The fraction of sp³-hybridized carbons (Fsp3) is 0.615. The van der Waals surface area contributed by atoms with Crippen LogP contribution in [0, 0.1) is 0 Å². The largest absolute Gasteiger partial charge is 0.479 e. The lowest BCUT2D eigenvalue weighted by Crippen LogP contribution is -2.30. The molecule has 2 heterocycles. The molecule has 2 aromatic rings. The molecule has 7 heteroatoms. The lowest BCUT2D eigenvalue weighted by Gasteiger charge is -2.21. The number of hydrogen-bond donors (Lipinski definition) is 0. The van der Waals surface area contributed by atoms with Crippen LogP contribution in [0.15, 0.2) is 6.33 Å². The molecule has 0 spiro atoms. The van der Waals surface area contributed by atoms with Crippen molar-refractivity contribution in [2.24, 2.45) is 0 Å². The van der Waals surface area contributed by atoms with Crippen LogP contribution in [-0.2, 0) is 13.0 Å². The summed E-state index contributed by atoms with van der Waals surface area (Å²) < 4.78 is 7.36. The number of likely N-dealkylation sites (N-methyl/N-ethyl adjacent to an activating group) is 1. The molecule has 6 nitrogen and oxygen atoms in total. The second-order valence-corrected chi connectivity index (χ2v) is 5.32. The lowest BCUT2D eigenvalue weighted by atomic mass is 10.3. The Morgan fingerprint density at radius 1 is 1.40 bits per heavy atom. The van der Waals surface area contributed by atoms with E-state index in [1.165, 1.54) is 6.33 Å². The highest BCUT2D eigenvalue weighted by Gasteiger charge is 2.18. The van der Waals surface area contributed by atoms with Gasteiger partial charge in [-0.3, -0.25) is 0 Å². The van der Waals surface area contributed by atoms with Gasteiger partial charge in [-0.25, -0.2) is 9.97 Å². The number of rotatable bonds is 6. The summed E-state index contributed by atoms with van der Waals surface area (Å²) in [5.74, 6) is 1.94. The van der Waals surface area contributed by atoms with Crippen molar-refractivity contribution in [2.75, 3.05) is 27.1 Å². The van der Waals surface area contributed by atoms with Gasteiger partial charge in [-0.05, 0) is 21.0 Å². The van der Waals surface area contributed by atoms with Gasteiger partial charge in [-0.1, -0.05) is 0 Å². The van der Waals surface area contributed by atoms with E-state index in [0.717, 1.165) is 18.0 Å². The normalized spacial score (nSPS) is 13.1. The number of nitrogens with zero attached hydrogens (tertiary/aromatic N) is 5. The molecule has 2 aromatic heterocycles. The van der Waals surface area contributed by atoms with Crippen LogP contribution in [0.4, 0.5) is 0 Å². The molecule has 0 saturated carbocycles. The first-order valence-corrected chi connectivity index (χ1v) is 7.08. The van der Waals surface area contributed by atoms with E-state index < -0.39 is 0 Å². The van der Waals surface area contributed by atoms with E-state index in [-0.39, 0.29) is 0 Å². The molecule has 2 rings (SSSR count). The third-order valence-corrected chi connectivity index (χ3v) is 3.61. The Morgan fingerprint density at radius 3 is 2.75 bits per heavy atom. The number of fused-ring (bicyclic) bond motifs is 1. The maximum Gasteiger partial charge on any atom is 0.245 e. The van der Waals surface area contributed by atoms with Gasteiger partial charge >= 0.3 is 0 Å². The zero-order valence-corrected chi connectivity index (χ0v) is 13.1. The van der Waals surface area contributed by atoms with Crippen LogP contribution in [0.5, 0.6) is 5.88 Å². The Kier molecular flexibility index (Phi) is 4.77. The fourth-order valence-corrected chi connectivity index (χ4v) is 2.17. The van der Waals surface area contributed by atoms with Crippen LogP contribution >= 0.6 is 11.6 Å². The summed E-state index contributed by atoms with van der Waals surface area (Å²) in [7, 11) is 5.70. The summed E-state index contributed by atoms with van der Waals surface area (Å²) in [6.07, 6.45) is 2.20.